The SMILES string of the molecule is Oc1cc2c(cc1O)C(COc1ccc(F)cc1)NCC2. The summed E-state index contributed by atoms with van der Waals surface area (Å²) < 4.78 is 18.5. The van der Waals surface area contributed by atoms with Crippen LogP contribution in [0, 0.1) is 5.82 Å². The molecule has 0 aromatic heterocycles. The maximum Gasteiger partial charge on any atom is 0.157 e. The van der Waals surface area contributed by atoms with Gasteiger partial charge in [0.05, 0.1) is 6.04 Å². The zero-order chi connectivity index (χ0) is 14.8. The molecule has 1 aliphatic heterocycles. The predicted octanol–water partition coefficient (Wildman–Crippen LogP) is 2.50. The van der Waals surface area contributed by atoms with Crippen LogP contribution in [-0.4, -0.2) is 23.4 Å². The summed E-state index contributed by atoms with van der Waals surface area (Å²) in [6, 6.07) is 8.93. The fourth-order valence-electron chi connectivity index (χ4n) is 2.53. The van der Waals surface area contributed by atoms with Crippen molar-refractivity contribution in [2.24, 2.45) is 0 Å². The third-order valence-electron chi connectivity index (χ3n) is 3.63. The monoisotopic (exact) mass is 289 g/mol. The molecule has 110 valence electrons. The van der Waals surface area contributed by atoms with E-state index in [0.717, 1.165) is 24.1 Å². The molecule has 5 heteroatoms. The Bertz CT molecular complexity index is 643. The lowest BCUT2D eigenvalue weighted by Gasteiger charge is -2.27. The smallest absolute Gasteiger partial charge is 0.157 e. The Morgan fingerprint density at radius 2 is 1.86 bits per heavy atom. The Morgan fingerprint density at radius 1 is 1.14 bits per heavy atom. The van der Waals surface area contributed by atoms with Crippen LogP contribution >= 0.6 is 0 Å². The summed E-state index contributed by atoms with van der Waals surface area (Å²) in [4.78, 5) is 0. The van der Waals surface area contributed by atoms with Crippen molar-refractivity contribution in [2.75, 3.05) is 13.2 Å². The number of benzene rings is 2. The fourth-order valence-corrected chi connectivity index (χ4v) is 2.53. The number of halogens is 1. The van der Waals surface area contributed by atoms with Crippen molar-refractivity contribution >= 4 is 0 Å². The minimum Gasteiger partial charge on any atom is -0.504 e. The van der Waals surface area contributed by atoms with Gasteiger partial charge < -0.3 is 20.3 Å². The van der Waals surface area contributed by atoms with E-state index < -0.39 is 0 Å². The molecule has 3 N–H and O–H groups in total. The van der Waals surface area contributed by atoms with Gasteiger partial charge in [-0.15, -0.1) is 0 Å². The minimum absolute atomic E-state index is 0.0784. The van der Waals surface area contributed by atoms with Crippen molar-refractivity contribution in [3.05, 3.63) is 53.3 Å². The molecular formula is C16H16FNO3. The topological polar surface area (TPSA) is 61.7 Å². The highest BCUT2D eigenvalue weighted by Gasteiger charge is 2.22. The number of phenolic OH excluding ortho intramolecular Hbond substituents is 2. The van der Waals surface area contributed by atoms with Crippen LogP contribution in [0.4, 0.5) is 4.39 Å². The molecule has 4 nitrogen and oxygen atoms in total. The maximum atomic E-state index is 12.8. The summed E-state index contributed by atoms with van der Waals surface area (Å²) in [5.41, 5.74) is 1.91. The number of phenols is 2. The van der Waals surface area contributed by atoms with Gasteiger partial charge in [-0.3, -0.25) is 0 Å². The number of hydrogen-bond acceptors (Lipinski definition) is 4. The molecule has 0 radical (unpaired) electrons. The molecule has 21 heavy (non-hydrogen) atoms. The highest BCUT2D eigenvalue weighted by molar-refractivity contribution is 5.47. The number of rotatable bonds is 3. The van der Waals surface area contributed by atoms with Crippen LogP contribution in [0.5, 0.6) is 17.2 Å². The predicted molar refractivity (Wildman–Crippen MR) is 76.1 cm³/mol. The minimum atomic E-state index is -0.302. The maximum absolute atomic E-state index is 12.8. The van der Waals surface area contributed by atoms with Crippen LogP contribution in [-0.2, 0) is 6.42 Å². The van der Waals surface area contributed by atoms with Crippen molar-refractivity contribution in [1.29, 1.82) is 0 Å². The summed E-state index contributed by atoms with van der Waals surface area (Å²) in [5, 5.41) is 22.5. The van der Waals surface area contributed by atoms with Crippen LogP contribution in [0.2, 0.25) is 0 Å². The van der Waals surface area contributed by atoms with Crippen LogP contribution in [0.1, 0.15) is 17.2 Å². The molecule has 0 bridgehead atoms. The molecule has 1 atom stereocenters. The summed E-state index contributed by atoms with van der Waals surface area (Å²) in [6.45, 7) is 1.14. The van der Waals surface area contributed by atoms with Gasteiger partial charge in [0.15, 0.2) is 11.5 Å². The van der Waals surface area contributed by atoms with Crippen LogP contribution in [0.3, 0.4) is 0 Å². The second kappa shape index (κ2) is 5.61. The quantitative estimate of drug-likeness (QED) is 0.760. The number of hydrogen-bond donors (Lipinski definition) is 3. The number of nitrogens with one attached hydrogen (secondary N) is 1. The van der Waals surface area contributed by atoms with Gasteiger partial charge in [0.2, 0.25) is 0 Å². The largest absolute Gasteiger partial charge is 0.504 e. The standard InChI is InChI=1S/C16H16FNO3/c17-11-1-3-12(4-2-11)21-9-14-13-8-16(20)15(19)7-10(13)5-6-18-14/h1-4,7-8,14,18-20H,5-6,9H2. The van der Waals surface area contributed by atoms with Gasteiger partial charge in [0, 0.05) is 0 Å². The summed E-state index contributed by atoms with van der Waals surface area (Å²) >= 11 is 0. The van der Waals surface area contributed by atoms with Crippen LogP contribution in [0.25, 0.3) is 0 Å². The van der Waals surface area contributed by atoms with E-state index in [1.807, 2.05) is 0 Å². The van der Waals surface area contributed by atoms with Crippen molar-refractivity contribution < 1.29 is 19.3 Å². The van der Waals surface area contributed by atoms with Crippen molar-refractivity contribution in [3.63, 3.8) is 0 Å². The number of aromatic hydroxyl groups is 2. The third-order valence-corrected chi connectivity index (χ3v) is 3.63. The second-order valence-corrected chi connectivity index (χ2v) is 5.06. The van der Waals surface area contributed by atoms with Gasteiger partial charge in [-0.2, -0.15) is 0 Å². The van der Waals surface area contributed by atoms with Crippen LogP contribution < -0.4 is 10.1 Å². The molecular weight excluding hydrogens is 273 g/mol. The van der Waals surface area contributed by atoms with E-state index >= 15 is 0 Å². The Kier molecular flexibility index (Phi) is 3.66. The van der Waals surface area contributed by atoms with Gasteiger partial charge in [0.1, 0.15) is 18.2 Å². The zero-order valence-corrected chi connectivity index (χ0v) is 11.3. The molecule has 2 aromatic rings. The summed E-state index contributed by atoms with van der Waals surface area (Å²) in [5.74, 6) is 0.0512. The van der Waals surface area contributed by atoms with E-state index in [1.165, 1.54) is 12.1 Å². The molecule has 0 saturated carbocycles. The Hall–Kier alpha value is -2.27. The number of ether oxygens (including phenoxy) is 1. The highest BCUT2D eigenvalue weighted by atomic mass is 19.1. The molecule has 3 rings (SSSR count). The van der Waals surface area contributed by atoms with Crippen molar-refractivity contribution in [3.8, 4) is 17.2 Å². The van der Waals surface area contributed by atoms with E-state index in [-0.39, 0.29) is 23.4 Å². The van der Waals surface area contributed by atoms with Gasteiger partial charge in [0.25, 0.3) is 0 Å². The van der Waals surface area contributed by atoms with E-state index in [9.17, 15) is 14.6 Å². The summed E-state index contributed by atoms with van der Waals surface area (Å²) in [6.07, 6.45) is 0.788. The van der Waals surface area contributed by atoms with E-state index in [0.29, 0.717) is 12.4 Å². The Labute approximate surface area is 121 Å². The first kappa shape index (κ1) is 13.7. The van der Waals surface area contributed by atoms with Crippen molar-refractivity contribution in [2.45, 2.75) is 12.5 Å². The zero-order valence-electron chi connectivity index (χ0n) is 11.3. The van der Waals surface area contributed by atoms with Gasteiger partial charge in [-0.25, -0.2) is 4.39 Å². The lowest BCUT2D eigenvalue weighted by atomic mass is 9.94. The second-order valence-electron chi connectivity index (χ2n) is 5.06. The normalized spacial score (nSPS) is 17.3. The Balaban J connectivity index is 1.76. The molecule has 0 spiro atoms. The van der Waals surface area contributed by atoms with E-state index in [4.69, 9.17) is 4.74 Å². The fraction of sp³-hybridized carbons (Fsp3) is 0.250. The number of fused-ring (bicyclic) bond motifs is 1. The average Bonchev–Trinajstić information content (AvgIpc) is 2.48. The highest BCUT2D eigenvalue weighted by Crippen LogP contribution is 2.33. The third kappa shape index (κ3) is 2.92. The lowest BCUT2D eigenvalue weighted by molar-refractivity contribution is 0.260. The molecule has 0 aliphatic carbocycles. The van der Waals surface area contributed by atoms with E-state index in [2.05, 4.69) is 5.32 Å². The van der Waals surface area contributed by atoms with E-state index in [1.54, 1.807) is 24.3 Å². The Morgan fingerprint density at radius 3 is 2.62 bits per heavy atom. The molecule has 2 aromatic carbocycles. The van der Waals surface area contributed by atoms with Gasteiger partial charge >= 0.3 is 0 Å². The molecule has 1 unspecified atom stereocenters. The first-order chi connectivity index (χ1) is 10.1. The molecule has 0 saturated heterocycles. The average molecular weight is 289 g/mol. The first-order valence-corrected chi connectivity index (χ1v) is 6.80. The molecule has 1 aliphatic rings. The summed E-state index contributed by atoms with van der Waals surface area (Å²) in [7, 11) is 0. The molecule has 1 heterocycles. The van der Waals surface area contributed by atoms with Gasteiger partial charge in [-0.05, 0) is 60.5 Å². The van der Waals surface area contributed by atoms with Gasteiger partial charge in [-0.1, -0.05) is 0 Å². The van der Waals surface area contributed by atoms with Crippen molar-refractivity contribution in [1.82, 2.24) is 5.32 Å². The first-order valence-electron chi connectivity index (χ1n) is 6.80. The lowest BCUT2D eigenvalue weighted by Crippen LogP contribution is -2.33. The molecule has 0 fully saturated rings. The molecule has 0 amide bonds. The van der Waals surface area contributed by atoms with Crippen LogP contribution in [0.15, 0.2) is 36.4 Å².